The van der Waals surface area contributed by atoms with E-state index in [4.69, 9.17) is 0 Å². The van der Waals surface area contributed by atoms with E-state index in [9.17, 15) is 4.79 Å². The molecule has 2 aromatic rings. The molecule has 0 radical (unpaired) electrons. The Hall–Kier alpha value is -1.62. The summed E-state index contributed by atoms with van der Waals surface area (Å²) in [6.07, 6.45) is 1.70. The minimum atomic E-state index is -0.109. The summed E-state index contributed by atoms with van der Waals surface area (Å²) in [6.45, 7) is 6.77. The van der Waals surface area contributed by atoms with Crippen LogP contribution in [0.1, 0.15) is 38.3 Å². The molecule has 1 atom stereocenters. The Balaban J connectivity index is 2.11. The molecule has 112 valence electrons. The van der Waals surface area contributed by atoms with Crippen LogP contribution in [-0.4, -0.2) is 16.3 Å². The van der Waals surface area contributed by atoms with Crippen LogP contribution in [0.2, 0.25) is 0 Å². The van der Waals surface area contributed by atoms with Crippen LogP contribution in [0.25, 0.3) is 0 Å². The highest BCUT2D eigenvalue weighted by molar-refractivity contribution is 9.10. The number of nitrogens with zero attached hydrogens (tertiary/aromatic N) is 2. The smallest absolute Gasteiger partial charge is 0.283 e. The topological polar surface area (TPSA) is 46.9 Å². The largest absolute Gasteiger partial charge is 0.382 e. The van der Waals surface area contributed by atoms with Gasteiger partial charge in [-0.15, -0.1) is 0 Å². The van der Waals surface area contributed by atoms with Crippen molar-refractivity contribution in [2.75, 3.05) is 11.9 Å². The number of benzene rings is 1. The van der Waals surface area contributed by atoms with Gasteiger partial charge in [-0.1, -0.05) is 37.3 Å². The van der Waals surface area contributed by atoms with Crippen molar-refractivity contribution in [3.05, 3.63) is 56.9 Å². The molecule has 0 aliphatic heterocycles. The van der Waals surface area contributed by atoms with Crippen LogP contribution in [-0.2, 0) is 0 Å². The Morgan fingerprint density at radius 2 is 1.90 bits per heavy atom. The number of hydrogen-bond acceptors (Lipinski definition) is 3. The average Bonchev–Trinajstić information content (AvgIpc) is 2.49. The van der Waals surface area contributed by atoms with Crippen LogP contribution in [0, 0.1) is 0 Å². The van der Waals surface area contributed by atoms with Gasteiger partial charge in [0.1, 0.15) is 4.47 Å². The van der Waals surface area contributed by atoms with Crippen LogP contribution < -0.4 is 10.9 Å². The summed E-state index contributed by atoms with van der Waals surface area (Å²) < 4.78 is 2.00. The molecule has 0 aliphatic carbocycles. The number of rotatable bonds is 5. The summed E-state index contributed by atoms with van der Waals surface area (Å²) >= 11 is 3.37. The van der Waals surface area contributed by atoms with Crippen LogP contribution in [0.3, 0.4) is 0 Å². The summed E-state index contributed by atoms with van der Waals surface area (Å²) in [5.41, 5.74) is 1.90. The summed E-state index contributed by atoms with van der Waals surface area (Å²) in [7, 11) is 0. The molecule has 5 heteroatoms. The van der Waals surface area contributed by atoms with Gasteiger partial charge in [-0.25, -0.2) is 4.68 Å². The quantitative estimate of drug-likeness (QED) is 0.892. The zero-order valence-electron chi connectivity index (χ0n) is 12.5. The van der Waals surface area contributed by atoms with Gasteiger partial charge in [0.2, 0.25) is 0 Å². The van der Waals surface area contributed by atoms with E-state index in [1.54, 1.807) is 6.20 Å². The summed E-state index contributed by atoms with van der Waals surface area (Å²) in [4.78, 5) is 12.2. The number of anilines is 1. The summed E-state index contributed by atoms with van der Waals surface area (Å²) in [5, 5.41) is 7.50. The highest BCUT2D eigenvalue weighted by Gasteiger charge is 2.12. The van der Waals surface area contributed by atoms with E-state index in [1.807, 2.05) is 32.0 Å². The number of hydrogen-bond donors (Lipinski definition) is 1. The van der Waals surface area contributed by atoms with Crippen molar-refractivity contribution in [1.29, 1.82) is 0 Å². The van der Waals surface area contributed by atoms with Crippen molar-refractivity contribution >= 4 is 21.6 Å². The molecule has 1 aromatic carbocycles. The molecule has 0 bridgehead atoms. The molecular formula is C16H20BrN3O. The molecule has 0 saturated carbocycles. The molecule has 2 rings (SSSR count). The molecule has 1 aromatic heterocycles. The number of aromatic nitrogens is 2. The van der Waals surface area contributed by atoms with Gasteiger partial charge in [0.05, 0.1) is 17.9 Å². The lowest BCUT2D eigenvalue weighted by atomic mass is 10.0. The first kappa shape index (κ1) is 15.8. The van der Waals surface area contributed by atoms with Gasteiger partial charge in [-0.2, -0.15) is 5.10 Å². The van der Waals surface area contributed by atoms with Gasteiger partial charge < -0.3 is 5.32 Å². The van der Waals surface area contributed by atoms with E-state index in [0.29, 0.717) is 10.4 Å². The Morgan fingerprint density at radius 1 is 1.24 bits per heavy atom. The third-order valence-electron chi connectivity index (χ3n) is 3.40. The summed E-state index contributed by atoms with van der Waals surface area (Å²) in [6, 6.07) is 10.3. The molecule has 1 N–H and O–H groups in total. The molecule has 4 nitrogen and oxygen atoms in total. The van der Waals surface area contributed by atoms with E-state index >= 15 is 0 Å². The van der Waals surface area contributed by atoms with Crippen molar-refractivity contribution in [3.63, 3.8) is 0 Å². The monoisotopic (exact) mass is 349 g/mol. The third kappa shape index (κ3) is 3.73. The number of nitrogens with one attached hydrogen (secondary N) is 1. The van der Waals surface area contributed by atoms with Crippen LogP contribution in [0.5, 0.6) is 0 Å². The Morgan fingerprint density at radius 3 is 2.52 bits per heavy atom. The maximum Gasteiger partial charge on any atom is 0.283 e. The maximum atomic E-state index is 12.2. The van der Waals surface area contributed by atoms with Crippen LogP contribution in [0.15, 0.2) is 45.8 Å². The lowest BCUT2D eigenvalue weighted by Crippen LogP contribution is -2.26. The zero-order valence-corrected chi connectivity index (χ0v) is 14.1. The fourth-order valence-corrected chi connectivity index (χ4v) is 2.52. The molecule has 0 saturated heterocycles. The van der Waals surface area contributed by atoms with E-state index in [2.05, 4.69) is 45.4 Å². The predicted octanol–water partition coefficient (Wildman–Crippen LogP) is 3.80. The highest BCUT2D eigenvalue weighted by Crippen LogP contribution is 2.20. The predicted molar refractivity (Wildman–Crippen MR) is 89.9 cm³/mol. The fourth-order valence-electron chi connectivity index (χ4n) is 2.10. The second kappa shape index (κ2) is 6.89. The first-order chi connectivity index (χ1) is 10.0. The first-order valence-electron chi connectivity index (χ1n) is 7.06. The lowest BCUT2D eigenvalue weighted by molar-refractivity contribution is 0.501. The molecule has 1 heterocycles. The van der Waals surface area contributed by atoms with E-state index in [0.717, 1.165) is 12.2 Å². The summed E-state index contributed by atoms with van der Waals surface area (Å²) in [5.74, 6) is 0.352. The molecule has 21 heavy (non-hydrogen) atoms. The highest BCUT2D eigenvalue weighted by atomic mass is 79.9. The minimum absolute atomic E-state index is 0.0473. The van der Waals surface area contributed by atoms with Crippen LogP contribution in [0.4, 0.5) is 5.69 Å². The first-order valence-corrected chi connectivity index (χ1v) is 7.86. The van der Waals surface area contributed by atoms with Gasteiger partial charge in [0, 0.05) is 6.54 Å². The van der Waals surface area contributed by atoms with Gasteiger partial charge in [0.25, 0.3) is 5.56 Å². The third-order valence-corrected chi connectivity index (χ3v) is 4.17. The Kier molecular flexibility index (Phi) is 5.17. The fraction of sp³-hybridized carbons (Fsp3) is 0.375. The normalized spacial score (nSPS) is 12.4. The van der Waals surface area contributed by atoms with Crippen molar-refractivity contribution in [2.45, 2.75) is 32.7 Å². The van der Waals surface area contributed by atoms with Crippen molar-refractivity contribution in [2.24, 2.45) is 0 Å². The van der Waals surface area contributed by atoms with Crippen LogP contribution >= 0.6 is 15.9 Å². The second-order valence-corrected chi connectivity index (χ2v) is 6.20. The maximum absolute atomic E-state index is 12.2. The average molecular weight is 350 g/mol. The van der Waals surface area contributed by atoms with Crippen molar-refractivity contribution < 1.29 is 0 Å². The Bertz CT molecular complexity index is 652. The molecular weight excluding hydrogens is 330 g/mol. The van der Waals surface area contributed by atoms with Crippen molar-refractivity contribution in [1.82, 2.24) is 9.78 Å². The van der Waals surface area contributed by atoms with Gasteiger partial charge in [-0.05, 0) is 41.3 Å². The molecule has 0 aliphatic rings. The molecule has 0 amide bonds. The van der Waals surface area contributed by atoms with E-state index in [-0.39, 0.29) is 11.6 Å². The van der Waals surface area contributed by atoms with Crippen molar-refractivity contribution in [3.8, 4) is 0 Å². The van der Waals surface area contributed by atoms with E-state index in [1.165, 1.54) is 10.2 Å². The standard InChI is InChI=1S/C16H20BrN3O/c1-11(2)20-16(21)15(17)14(10-19-20)18-9-12(3)13-7-5-4-6-8-13/h4-8,10-12,18H,9H2,1-3H3. The van der Waals surface area contributed by atoms with Gasteiger partial charge in [0.15, 0.2) is 0 Å². The zero-order chi connectivity index (χ0) is 15.4. The Labute approximate surface area is 133 Å². The molecule has 0 spiro atoms. The molecule has 1 unspecified atom stereocenters. The molecule has 0 fully saturated rings. The van der Waals surface area contributed by atoms with E-state index < -0.39 is 0 Å². The second-order valence-electron chi connectivity index (χ2n) is 5.41. The van der Waals surface area contributed by atoms with Gasteiger partial charge >= 0.3 is 0 Å². The number of halogens is 1. The van der Waals surface area contributed by atoms with Gasteiger partial charge in [-0.3, -0.25) is 4.79 Å². The SMILES string of the molecule is CC(CNc1cnn(C(C)C)c(=O)c1Br)c1ccccc1. The minimum Gasteiger partial charge on any atom is -0.382 e. The lowest BCUT2D eigenvalue weighted by Gasteiger charge is -2.16.